The van der Waals surface area contributed by atoms with E-state index < -0.39 is 6.16 Å². The summed E-state index contributed by atoms with van der Waals surface area (Å²) in [5.41, 5.74) is 0. The van der Waals surface area contributed by atoms with Crippen LogP contribution in [0.5, 0.6) is 0 Å². The summed E-state index contributed by atoms with van der Waals surface area (Å²) < 4.78 is 9.12. The van der Waals surface area contributed by atoms with Crippen LogP contribution in [0.25, 0.3) is 0 Å². The van der Waals surface area contributed by atoms with E-state index in [9.17, 15) is 4.79 Å². The fraction of sp³-hybridized carbons (Fsp3) is 0.875. The van der Waals surface area contributed by atoms with Crippen LogP contribution in [-0.2, 0) is 9.47 Å². The lowest BCUT2D eigenvalue weighted by atomic mass is 10.4. The van der Waals surface area contributed by atoms with Gasteiger partial charge in [0.05, 0.1) is 7.11 Å². The first-order valence-corrected chi connectivity index (χ1v) is 4.47. The molecule has 76 valence electrons. The summed E-state index contributed by atoms with van der Waals surface area (Å²) in [5.74, 6) is 0. The summed E-state index contributed by atoms with van der Waals surface area (Å²) >= 11 is 0. The first-order chi connectivity index (χ1) is 6.33. The Balaban J connectivity index is 2.01. The highest BCUT2D eigenvalue weighted by atomic mass is 16.7. The lowest BCUT2D eigenvalue weighted by molar-refractivity contribution is 0.0623. The largest absolute Gasteiger partial charge is 0.508 e. The molecule has 5 heteroatoms. The van der Waals surface area contributed by atoms with Gasteiger partial charge in [0, 0.05) is 32.7 Å². The zero-order valence-electron chi connectivity index (χ0n) is 7.91. The number of piperazine rings is 1. The molecule has 0 aromatic heterocycles. The molecular weight excluding hydrogens is 172 g/mol. The van der Waals surface area contributed by atoms with E-state index in [2.05, 4.69) is 15.0 Å². The van der Waals surface area contributed by atoms with E-state index in [4.69, 9.17) is 4.74 Å². The van der Waals surface area contributed by atoms with Crippen molar-refractivity contribution in [2.24, 2.45) is 0 Å². The maximum absolute atomic E-state index is 10.6. The predicted octanol–water partition coefficient (Wildman–Crippen LogP) is -0.325. The number of rotatable bonds is 3. The van der Waals surface area contributed by atoms with Crippen molar-refractivity contribution in [1.29, 1.82) is 0 Å². The number of methoxy groups -OCH3 is 1. The number of nitrogens with one attached hydrogen (secondary N) is 1. The Bertz CT molecular complexity index is 157. The van der Waals surface area contributed by atoms with E-state index in [-0.39, 0.29) is 0 Å². The number of hydrogen-bond acceptors (Lipinski definition) is 5. The minimum atomic E-state index is -0.602. The van der Waals surface area contributed by atoms with Gasteiger partial charge in [-0.3, -0.25) is 4.90 Å². The van der Waals surface area contributed by atoms with E-state index in [0.29, 0.717) is 6.61 Å². The van der Waals surface area contributed by atoms with E-state index in [1.807, 2.05) is 0 Å². The van der Waals surface area contributed by atoms with Gasteiger partial charge in [-0.2, -0.15) is 0 Å². The zero-order chi connectivity index (χ0) is 9.52. The van der Waals surface area contributed by atoms with Gasteiger partial charge in [0.1, 0.15) is 6.61 Å². The van der Waals surface area contributed by atoms with Gasteiger partial charge in [-0.15, -0.1) is 0 Å². The number of hydrogen-bond donors (Lipinski definition) is 1. The Morgan fingerprint density at radius 3 is 2.77 bits per heavy atom. The van der Waals surface area contributed by atoms with Crippen molar-refractivity contribution in [3.8, 4) is 0 Å². The molecule has 0 amide bonds. The molecule has 1 rings (SSSR count). The highest BCUT2D eigenvalue weighted by molar-refractivity contribution is 5.59. The van der Waals surface area contributed by atoms with Gasteiger partial charge in [0.25, 0.3) is 0 Å². The van der Waals surface area contributed by atoms with Crippen LogP contribution in [0.1, 0.15) is 0 Å². The van der Waals surface area contributed by atoms with Gasteiger partial charge in [0.2, 0.25) is 0 Å². The second-order valence-electron chi connectivity index (χ2n) is 2.89. The van der Waals surface area contributed by atoms with Crippen LogP contribution in [0.2, 0.25) is 0 Å². The molecule has 0 radical (unpaired) electrons. The van der Waals surface area contributed by atoms with Gasteiger partial charge >= 0.3 is 6.16 Å². The minimum absolute atomic E-state index is 0.409. The standard InChI is InChI=1S/C8H16N2O3/c1-12-8(11)13-7-6-10-4-2-9-3-5-10/h9H,2-7H2,1H3. The Morgan fingerprint density at radius 1 is 1.46 bits per heavy atom. The van der Waals surface area contributed by atoms with Gasteiger partial charge in [0.15, 0.2) is 0 Å². The summed E-state index contributed by atoms with van der Waals surface area (Å²) in [5, 5.41) is 3.25. The molecule has 5 nitrogen and oxygen atoms in total. The summed E-state index contributed by atoms with van der Waals surface area (Å²) in [4.78, 5) is 12.8. The topological polar surface area (TPSA) is 50.8 Å². The maximum Gasteiger partial charge on any atom is 0.508 e. The van der Waals surface area contributed by atoms with Crippen molar-refractivity contribution in [3.05, 3.63) is 0 Å². The second kappa shape index (κ2) is 5.77. The van der Waals surface area contributed by atoms with Crippen molar-refractivity contribution in [2.75, 3.05) is 46.4 Å². The SMILES string of the molecule is COC(=O)OCCN1CCNCC1. The Morgan fingerprint density at radius 2 is 2.15 bits per heavy atom. The third kappa shape index (κ3) is 4.10. The van der Waals surface area contributed by atoms with Crippen molar-refractivity contribution >= 4 is 6.16 Å². The van der Waals surface area contributed by atoms with Gasteiger partial charge in [-0.25, -0.2) is 4.79 Å². The average molecular weight is 188 g/mol. The number of carbonyl (C=O) groups is 1. The van der Waals surface area contributed by atoms with Crippen LogP contribution in [0.4, 0.5) is 4.79 Å². The monoisotopic (exact) mass is 188 g/mol. The zero-order valence-corrected chi connectivity index (χ0v) is 7.91. The van der Waals surface area contributed by atoms with E-state index in [0.717, 1.165) is 32.7 Å². The molecule has 1 N–H and O–H groups in total. The normalized spacial score (nSPS) is 18.2. The molecule has 0 spiro atoms. The highest BCUT2D eigenvalue weighted by Crippen LogP contribution is 1.92. The summed E-state index contributed by atoms with van der Waals surface area (Å²) in [6.07, 6.45) is -0.602. The van der Waals surface area contributed by atoms with E-state index in [1.54, 1.807) is 0 Å². The molecular formula is C8H16N2O3. The Labute approximate surface area is 78.0 Å². The molecule has 0 aromatic rings. The maximum atomic E-state index is 10.6. The van der Waals surface area contributed by atoms with Crippen molar-refractivity contribution < 1.29 is 14.3 Å². The van der Waals surface area contributed by atoms with Gasteiger partial charge in [-0.1, -0.05) is 0 Å². The van der Waals surface area contributed by atoms with Crippen molar-refractivity contribution in [2.45, 2.75) is 0 Å². The molecule has 0 unspecified atom stereocenters. The van der Waals surface area contributed by atoms with Crippen molar-refractivity contribution in [3.63, 3.8) is 0 Å². The van der Waals surface area contributed by atoms with Crippen LogP contribution in [0.15, 0.2) is 0 Å². The average Bonchev–Trinajstić information content (AvgIpc) is 2.19. The minimum Gasteiger partial charge on any atom is -0.438 e. The molecule has 1 aliphatic rings. The van der Waals surface area contributed by atoms with Crippen LogP contribution >= 0.6 is 0 Å². The molecule has 0 bridgehead atoms. The molecule has 13 heavy (non-hydrogen) atoms. The van der Waals surface area contributed by atoms with Gasteiger partial charge < -0.3 is 14.8 Å². The third-order valence-electron chi connectivity index (χ3n) is 2.00. The second-order valence-corrected chi connectivity index (χ2v) is 2.89. The summed E-state index contributed by atoms with van der Waals surface area (Å²) in [7, 11) is 1.31. The van der Waals surface area contributed by atoms with E-state index >= 15 is 0 Å². The smallest absolute Gasteiger partial charge is 0.438 e. The highest BCUT2D eigenvalue weighted by Gasteiger charge is 2.09. The number of nitrogens with zero attached hydrogens (tertiary/aromatic N) is 1. The molecule has 1 aliphatic heterocycles. The molecule has 0 aliphatic carbocycles. The summed E-state index contributed by atoms with van der Waals surface area (Å²) in [6, 6.07) is 0. The fourth-order valence-corrected chi connectivity index (χ4v) is 1.25. The Kier molecular flexibility index (Phi) is 4.56. The Hall–Kier alpha value is -0.810. The molecule has 0 saturated carbocycles. The van der Waals surface area contributed by atoms with Crippen LogP contribution in [0.3, 0.4) is 0 Å². The van der Waals surface area contributed by atoms with Crippen LogP contribution < -0.4 is 5.32 Å². The van der Waals surface area contributed by atoms with Crippen molar-refractivity contribution in [1.82, 2.24) is 10.2 Å². The van der Waals surface area contributed by atoms with Crippen LogP contribution in [0, 0.1) is 0 Å². The quantitative estimate of drug-likeness (QED) is 0.615. The molecule has 1 heterocycles. The lowest BCUT2D eigenvalue weighted by Gasteiger charge is -2.26. The molecule has 0 atom stereocenters. The van der Waals surface area contributed by atoms with E-state index in [1.165, 1.54) is 7.11 Å². The molecule has 1 saturated heterocycles. The molecule has 0 aromatic carbocycles. The molecule has 1 fully saturated rings. The number of carbonyl (C=O) groups excluding carboxylic acids is 1. The third-order valence-corrected chi connectivity index (χ3v) is 2.00. The summed E-state index contributed by atoms with van der Waals surface area (Å²) in [6.45, 7) is 5.26. The predicted molar refractivity (Wildman–Crippen MR) is 47.7 cm³/mol. The first-order valence-electron chi connectivity index (χ1n) is 4.47. The fourth-order valence-electron chi connectivity index (χ4n) is 1.25. The lowest BCUT2D eigenvalue weighted by Crippen LogP contribution is -2.44. The van der Waals surface area contributed by atoms with Crippen LogP contribution in [-0.4, -0.2) is 57.5 Å². The first kappa shape index (κ1) is 10.3. The number of ether oxygens (including phenoxy) is 2. The van der Waals surface area contributed by atoms with Gasteiger partial charge in [-0.05, 0) is 0 Å².